The molecule has 1 aromatic rings. The normalized spacial score (nSPS) is 13.8. The van der Waals surface area contributed by atoms with E-state index in [0.29, 0.717) is 19.1 Å². The molecule has 0 radical (unpaired) electrons. The minimum atomic E-state index is 0.513. The summed E-state index contributed by atoms with van der Waals surface area (Å²) < 4.78 is 10.5. The lowest BCUT2D eigenvalue weighted by Gasteiger charge is -2.11. The van der Waals surface area contributed by atoms with Crippen LogP contribution in [0.3, 0.4) is 0 Å². The quantitative estimate of drug-likeness (QED) is 0.790. The van der Waals surface area contributed by atoms with E-state index < -0.39 is 0 Å². The largest absolute Gasteiger partial charge is 0.475 e. The first-order valence-electron chi connectivity index (χ1n) is 6.22. The summed E-state index contributed by atoms with van der Waals surface area (Å²) in [6, 6.07) is 0. The second-order valence-corrected chi connectivity index (χ2v) is 3.52. The first-order valence-corrected chi connectivity index (χ1v) is 6.22. The molecule has 0 saturated carbocycles. The standard InChI is InChI=1S/C10H16N4O2.C2H6/c1-11-14-5-8-9(6-14)12-7-13-10(8)16-4-3-15-2;1-2/h7,11H,3-6H2,1-2H3;1-2H3. The van der Waals surface area contributed by atoms with Crippen LogP contribution < -0.4 is 10.2 Å². The number of nitrogens with zero attached hydrogens (tertiary/aromatic N) is 3. The second-order valence-electron chi connectivity index (χ2n) is 3.52. The highest BCUT2D eigenvalue weighted by Gasteiger charge is 2.23. The Hall–Kier alpha value is -1.24. The van der Waals surface area contributed by atoms with E-state index in [-0.39, 0.29) is 0 Å². The molecule has 0 fully saturated rings. The van der Waals surface area contributed by atoms with Crippen LogP contribution in [0.15, 0.2) is 6.33 Å². The molecule has 18 heavy (non-hydrogen) atoms. The zero-order valence-electron chi connectivity index (χ0n) is 11.6. The summed E-state index contributed by atoms with van der Waals surface area (Å²) in [6.07, 6.45) is 1.54. The summed E-state index contributed by atoms with van der Waals surface area (Å²) in [5, 5.41) is 2.06. The molecule has 0 aliphatic carbocycles. The molecule has 0 amide bonds. The van der Waals surface area contributed by atoms with Crippen LogP contribution >= 0.6 is 0 Å². The van der Waals surface area contributed by atoms with Crippen molar-refractivity contribution >= 4 is 0 Å². The number of aromatic nitrogens is 2. The van der Waals surface area contributed by atoms with Gasteiger partial charge in [-0.25, -0.2) is 15.0 Å². The van der Waals surface area contributed by atoms with Gasteiger partial charge in [0, 0.05) is 13.7 Å². The van der Waals surface area contributed by atoms with Gasteiger partial charge in [-0.1, -0.05) is 13.8 Å². The molecule has 102 valence electrons. The molecule has 0 unspecified atom stereocenters. The number of hydrogen-bond donors (Lipinski definition) is 1. The highest BCUT2D eigenvalue weighted by molar-refractivity contribution is 5.32. The first kappa shape index (κ1) is 14.8. The Labute approximate surface area is 108 Å². The van der Waals surface area contributed by atoms with E-state index in [1.54, 1.807) is 13.4 Å². The maximum absolute atomic E-state index is 5.55. The van der Waals surface area contributed by atoms with Gasteiger partial charge in [0.15, 0.2) is 0 Å². The zero-order valence-corrected chi connectivity index (χ0v) is 11.6. The molecule has 1 aliphatic rings. The third-order valence-corrected chi connectivity index (χ3v) is 2.53. The van der Waals surface area contributed by atoms with Gasteiger partial charge in [0.2, 0.25) is 5.88 Å². The van der Waals surface area contributed by atoms with Crippen LogP contribution in [-0.4, -0.2) is 42.3 Å². The predicted octanol–water partition coefficient (Wildman–Crippen LogP) is 0.978. The first-order chi connectivity index (χ1) is 8.85. The lowest BCUT2D eigenvalue weighted by molar-refractivity contribution is 0.142. The van der Waals surface area contributed by atoms with E-state index in [9.17, 15) is 0 Å². The van der Waals surface area contributed by atoms with Crippen molar-refractivity contribution in [1.82, 2.24) is 20.4 Å². The predicted molar refractivity (Wildman–Crippen MR) is 69.1 cm³/mol. The van der Waals surface area contributed by atoms with Crippen LogP contribution in [0.4, 0.5) is 0 Å². The summed E-state index contributed by atoms with van der Waals surface area (Å²) in [5.41, 5.74) is 5.18. The molecule has 1 aliphatic heterocycles. The molecule has 0 atom stereocenters. The summed E-state index contributed by atoms with van der Waals surface area (Å²) >= 11 is 0. The third kappa shape index (κ3) is 3.63. The lowest BCUT2D eigenvalue weighted by Crippen LogP contribution is -2.29. The summed E-state index contributed by atoms with van der Waals surface area (Å²) in [7, 11) is 3.54. The summed E-state index contributed by atoms with van der Waals surface area (Å²) in [6.45, 7) is 6.64. The number of hydrogen-bond acceptors (Lipinski definition) is 6. The molecule has 6 nitrogen and oxygen atoms in total. The Bertz CT molecular complexity index is 360. The van der Waals surface area contributed by atoms with Crippen molar-refractivity contribution in [3.05, 3.63) is 17.6 Å². The van der Waals surface area contributed by atoms with E-state index in [4.69, 9.17) is 9.47 Å². The van der Waals surface area contributed by atoms with Crippen molar-refractivity contribution in [2.75, 3.05) is 27.4 Å². The van der Waals surface area contributed by atoms with Gasteiger partial charge in [0.05, 0.1) is 24.4 Å². The Balaban J connectivity index is 0.000000771. The molecule has 0 bridgehead atoms. The minimum absolute atomic E-state index is 0.513. The molecular formula is C12H22N4O2. The molecule has 0 aromatic carbocycles. The van der Waals surface area contributed by atoms with Crippen molar-refractivity contribution in [2.24, 2.45) is 0 Å². The van der Waals surface area contributed by atoms with Gasteiger partial charge in [0.1, 0.15) is 12.9 Å². The van der Waals surface area contributed by atoms with Crippen molar-refractivity contribution in [3.8, 4) is 5.88 Å². The fraction of sp³-hybridized carbons (Fsp3) is 0.667. The van der Waals surface area contributed by atoms with Gasteiger partial charge >= 0.3 is 0 Å². The molecule has 2 heterocycles. The highest BCUT2D eigenvalue weighted by Crippen LogP contribution is 2.25. The smallest absolute Gasteiger partial charge is 0.221 e. The van der Waals surface area contributed by atoms with Crippen LogP contribution in [0, 0.1) is 0 Å². The van der Waals surface area contributed by atoms with E-state index in [1.807, 2.05) is 20.9 Å². The molecule has 6 heteroatoms. The van der Waals surface area contributed by atoms with Crippen molar-refractivity contribution in [1.29, 1.82) is 0 Å². The summed E-state index contributed by atoms with van der Waals surface area (Å²) in [5.74, 6) is 0.666. The van der Waals surface area contributed by atoms with Crippen LogP contribution in [0.5, 0.6) is 5.88 Å². The zero-order chi connectivity index (χ0) is 13.4. The number of fused-ring (bicyclic) bond motifs is 1. The van der Waals surface area contributed by atoms with Crippen LogP contribution in [0.25, 0.3) is 0 Å². The molecule has 1 N–H and O–H groups in total. The van der Waals surface area contributed by atoms with Crippen molar-refractivity contribution in [2.45, 2.75) is 26.9 Å². The summed E-state index contributed by atoms with van der Waals surface area (Å²) in [4.78, 5) is 8.39. The average molecular weight is 254 g/mol. The van der Waals surface area contributed by atoms with Gasteiger partial charge in [-0.15, -0.1) is 0 Å². The van der Waals surface area contributed by atoms with E-state index in [1.165, 1.54) is 0 Å². The van der Waals surface area contributed by atoms with E-state index >= 15 is 0 Å². The van der Waals surface area contributed by atoms with Crippen LogP contribution in [0.1, 0.15) is 25.1 Å². The van der Waals surface area contributed by atoms with Gasteiger partial charge in [-0.2, -0.15) is 0 Å². The SMILES string of the molecule is CC.CNN1Cc2ncnc(OCCOC)c2C1. The number of rotatable bonds is 5. The Kier molecular flexibility index (Phi) is 6.56. The van der Waals surface area contributed by atoms with Gasteiger partial charge in [-0.3, -0.25) is 5.43 Å². The highest BCUT2D eigenvalue weighted by atomic mass is 16.5. The van der Waals surface area contributed by atoms with Crippen LogP contribution in [0.2, 0.25) is 0 Å². The van der Waals surface area contributed by atoms with Crippen molar-refractivity contribution in [3.63, 3.8) is 0 Å². The fourth-order valence-electron chi connectivity index (χ4n) is 1.66. The van der Waals surface area contributed by atoms with Gasteiger partial charge < -0.3 is 9.47 Å². The minimum Gasteiger partial charge on any atom is -0.475 e. The van der Waals surface area contributed by atoms with Gasteiger partial charge in [0.25, 0.3) is 0 Å². The topological polar surface area (TPSA) is 59.5 Å². The molecule has 2 rings (SSSR count). The molecular weight excluding hydrogens is 232 g/mol. The third-order valence-electron chi connectivity index (χ3n) is 2.53. The monoisotopic (exact) mass is 254 g/mol. The van der Waals surface area contributed by atoms with Crippen LogP contribution in [-0.2, 0) is 17.8 Å². The molecule has 0 spiro atoms. The number of hydrazine groups is 1. The lowest BCUT2D eigenvalue weighted by atomic mass is 10.3. The Morgan fingerprint density at radius 3 is 2.72 bits per heavy atom. The number of nitrogens with one attached hydrogen (secondary N) is 1. The van der Waals surface area contributed by atoms with E-state index in [0.717, 1.165) is 24.3 Å². The maximum atomic E-state index is 5.55. The Morgan fingerprint density at radius 1 is 1.28 bits per heavy atom. The number of ether oxygens (including phenoxy) is 2. The maximum Gasteiger partial charge on any atom is 0.221 e. The van der Waals surface area contributed by atoms with Gasteiger partial charge in [-0.05, 0) is 7.05 Å². The average Bonchev–Trinajstić information content (AvgIpc) is 2.85. The second kappa shape index (κ2) is 7.97. The Morgan fingerprint density at radius 2 is 2.06 bits per heavy atom. The number of methoxy groups -OCH3 is 1. The molecule has 0 saturated heterocycles. The molecule has 1 aromatic heterocycles. The van der Waals surface area contributed by atoms with E-state index in [2.05, 4.69) is 20.4 Å². The van der Waals surface area contributed by atoms with Crippen molar-refractivity contribution < 1.29 is 9.47 Å². The fourth-order valence-corrected chi connectivity index (χ4v) is 1.66.